The maximum Gasteiger partial charge on any atom is 0.269 e. The van der Waals surface area contributed by atoms with Crippen molar-refractivity contribution in [2.24, 2.45) is 0 Å². The van der Waals surface area contributed by atoms with Crippen molar-refractivity contribution in [3.8, 4) is 0 Å². The van der Waals surface area contributed by atoms with E-state index in [0.717, 1.165) is 18.4 Å². The van der Waals surface area contributed by atoms with Crippen LogP contribution in [0.15, 0.2) is 60.7 Å². The predicted molar refractivity (Wildman–Crippen MR) is 110 cm³/mol. The fraction of sp³-hybridized carbons (Fsp3) is 0.318. The number of allylic oxidation sites excluding steroid dienone is 6. The van der Waals surface area contributed by atoms with E-state index in [2.05, 4.69) is 29.1 Å². The summed E-state index contributed by atoms with van der Waals surface area (Å²) in [7, 11) is 0. The molecule has 3 rings (SSSR count). The quantitative estimate of drug-likeness (QED) is 0.599. The molecule has 0 radical (unpaired) electrons. The van der Waals surface area contributed by atoms with Gasteiger partial charge in [-0.25, -0.2) is 0 Å². The van der Waals surface area contributed by atoms with Crippen molar-refractivity contribution in [2.45, 2.75) is 39.0 Å². The number of amides is 1. The summed E-state index contributed by atoms with van der Waals surface area (Å²) in [6, 6.07) is 10.1. The number of aromatic nitrogens is 3. The number of anilines is 1. The number of rotatable bonds is 6. The van der Waals surface area contributed by atoms with Crippen molar-refractivity contribution in [1.82, 2.24) is 14.9 Å². The van der Waals surface area contributed by atoms with E-state index < -0.39 is 0 Å². The monoisotopic (exact) mass is 378 g/mol. The second kappa shape index (κ2) is 9.17. The van der Waals surface area contributed by atoms with E-state index in [1.807, 2.05) is 55.5 Å². The Labute approximate surface area is 165 Å². The second-order valence-corrected chi connectivity index (χ2v) is 6.73. The summed E-state index contributed by atoms with van der Waals surface area (Å²) < 4.78 is 0. The SMILES string of the molecule is C\C=C/C(=C\C=C\CC)c1nc(N2CCC(c3ccccc3)CC2=O)n(O)n1. The summed E-state index contributed by atoms with van der Waals surface area (Å²) in [5.41, 5.74) is 1.94. The molecule has 1 fully saturated rings. The molecule has 1 aliphatic rings. The molecule has 1 aromatic heterocycles. The van der Waals surface area contributed by atoms with Crippen LogP contribution in [0.25, 0.3) is 5.57 Å². The van der Waals surface area contributed by atoms with Crippen LogP contribution in [0.5, 0.6) is 0 Å². The molecule has 1 aromatic carbocycles. The highest BCUT2D eigenvalue weighted by Gasteiger charge is 2.31. The van der Waals surface area contributed by atoms with Crippen LogP contribution in [0.1, 0.15) is 50.4 Å². The van der Waals surface area contributed by atoms with E-state index >= 15 is 0 Å². The van der Waals surface area contributed by atoms with E-state index in [1.54, 1.807) is 0 Å². The normalized spacial score (nSPS) is 18.5. The van der Waals surface area contributed by atoms with E-state index in [4.69, 9.17) is 0 Å². The minimum Gasteiger partial charge on any atom is -0.409 e. The summed E-state index contributed by atoms with van der Waals surface area (Å²) >= 11 is 0. The largest absolute Gasteiger partial charge is 0.409 e. The Bertz CT molecular complexity index is 897. The minimum atomic E-state index is -0.0585. The predicted octanol–water partition coefficient (Wildman–Crippen LogP) is 4.35. The Kier molecular flexibility index (Phi) is 6.42. The number of piperidine rings is 1. The van der Waals surface area contributed by atoms with Gasteiger partial charge in [-0.15, -0.1) is 5.10 Å². The molecular formula is C22H26N4O2. The number of carbonyl (C=O) groups excluding carboxylic acids is 1. The summed E-state index contributed by atoms with van der Waals surface area (Å²) in [6.07, 6.45) is 11.8. The molecule has 6 nitrogen and oxygen atoms in total. The number of hydrogen-bond acceptors (Lipinski definition) is 4. The molecule has 6 heteroatoms. The van der Waals surface area contributed by atoms with Crippen molar-refractivity contribution >= 4 is 17.4 Å². The Morgan fingerprint density at radius 3 is 2.79 bits per heavy atom. The summed E-state index contributed by atoms with van der Waals surface area (Å²) in [5.74, 6) is 0.685. The highest BCUT2D eigenvalue weighted by Crippen LogP contribution is 2.30. The van der Waals surface area contributed by atoms with Gasteiger partial charge in [-0.3, -0.25) is 9.69 Å². The second-order valence-electron chi connectivity index (χ2n) is 6.73. The number of hydrogen-bond donors (Lipinski definition) is 1. The zero-order valence-corrected chi connectivity index (χ0v) is 16.3. The lowest BCUT2D eigenvalue weighted by atomic mass is 9.89. The average molecular weight is 378 g/mol. The standard InChI is InChI=1S/C22H26N4O2/c1-3-5-7-13-18(10-4-2)21-23-22(26(28)24-21)25-15-14-19(16-20(25)27)17-11-8-6-9-12-17/h4-13,19,28H,3,14-16H2,1-2H3/b7-5+,10-4-,18-13+. The molecule has 28 heavy (non-hydrogen) atoms. The van der Waals surface area contributed by atoms with Crippen LogP contribution in [0.2, 0.25) is 0 Å². The van der Waals surface area contributed by atoms with Gasteiger partial charge >= 0.3 is 0 Å². The third-order valence-corrected chi connectivity index (χ3v) is 4.76. The third kappa shape index (κ3) is 4.39. The number of nitrogens with zero attached hydrogens (tertiary/aromatic N) is 4. The molecule has 1 atom stereocenters. The maximum absolute atomic E-state index is 12.7. The van der Waals surface area contributed by atoms with Crippen LogP contribution >= 0.6 is 0 Å². The van der Waals surface area contributed by atoms with Gasteiger partial charge in [0.15, 0.2) is 5.82 Å². The van der Waals surface area contributed by atoms with Gasteiger partial charge in [0, 0.05) is 18.5 Å². The first-order chi connectivity index (χ1) is 13.6. The zero-order chi connectivity index (χ0) is 19.9. The Morgan fingerprint density at radius 2 is 2.11 bits per heavy atom. The molecule has 0 bridgehead atoms. The van der Waals surface area contributed by atoms with E-state index in [9.17, 15) is 10.0 Å². The third-order valence-electron chi connectivity index (χ3n) is 4.76. The summed E-state index contributed by atoms with van der Waals surface area (Å²) in [6.45, 7) is 4.46. The van der Waals surface area contributed by atoms with Crippen LogP contribution in [-0.2, 0) is 4.79 Å². The number of benzene rings is 1. The first-order valence-corrected chi connectivity index (χ1v) is 9.65. The molecule has 0 saturated carbocycles. The molecule has 1 amide bonds. The Morgan fingerprint density at radius 1 is 1.32 bits per heavy atom. The molecule has 1 aliphatic heterocycles. The average Bonchev–Trinajstić information content (AvgIpc) is 3.09. The summed E-state index contributed by atoms with van der Waals surface area (Å²) in [5, 5.41) is 14.4. The fourth-order valence-corrected chi connectivity index (χ4v) is 3.33. The molecular weight excluding hydrogens is 352 g/mol. The molecule has 2 heterocycles. The van der Waals surface area contributed by atoms with Crippen molar-refractivity contribution in [2.75, 3.05) is 11.4 Å². The maximum atomic E-state index is 12.7. The molecule has 1 unspecified atom stereocenters. The van der Waals surface area contributed by atoms with Crippen molar-refractivity contribution in [3.05, 3.63) is 72.1 Å². The summed E-state index contributed by atoms with van der Waals surface area (Å²) in [4.78, 5) is 19.4. The number of carbonyl (C=O) groups is 1. The van der Waals surface area contributed by atoms with Gasteiger partial charge in [0.2, 0.25) is 5.91 Å². The molecule has 146 valence electrons. The van der Waals surface area contributed by atoms with Crippen molar-refractivity contribution in [3.63, 3.8) is 0 Å². The van der Waals surface area contributed by atoms with E-state index in [0.29, 0.717) is 23.6 Å². The zero-order valence-electron chi connectivity index (χ0n) is 16.3. The Balaban J connectivity index is 1.80. The molecule has 2 aromatic rings. The topological polar surface area (TPSA) is 71.2 Å². The first kappa shape index (κ1) is 19.6. The van der Waals surface area contributed by atoms with Crippen LogP contribution in [0.4, 0.5) is 5.95 Å². The van der Waals surface area contributed by atoms with Gasteiger partial charge in [-0.1, -0.05) is 72.5 Å². The van der Waals surface area contributed by atoms with Gasteiger partial charge in [0.25, 0.3) is 5.95 Å². The van der Waals surface area contributed by atoms with Crippen molar-refractivity contribution < 1.29 is 10.0 Å². The van der Waals surface area contributed by atoms with Gasteiger partial charge in [-0.05, 0) is 31.2 Å². The van der Waals surface area contributed by atoms with Crippen LogP contribution in [0.3, 0.4) is 0 Å². The first-order valence-electron chi connectivity index (χ1n) is 9.65. The van der Waals surface area contributed by atoms with Crippen molar-refractivity contribution in [1.29, 1.82) is 0 Å². The van der Waals surface area contributed by atoms with Gasteiger partial charge in [0.05, 0.1) is 0 Å². The lowest BCUT2D eigenvalue weighted by Crippen LogP contribution is -2.39. The Hall–Kier alpha value is -3.15. The lowest BCUT2D eigenvalue weighted by molar-refractivity contribution is -0.120. The van der Waals surface area contributed by atoms with Gasteiger partial charge in [0.1, 0.15) is 0 Å². The van der Waals surface area contributed by atoms with Crippen LogP contribution in [-0.4, -0.2) is 32.6 Å². The fourth-order valence-electron chi connectivity index (χ4n) is 3.33. The van der Waals surface area contributed by atoms with Gasteiger partial charge in [-0.2, -0.15) is 4.98 Å². The molecule has 1 N–H and O–H groups in total. The van der Waals surface area contributed by atoms with E-state index in [1.165, 1.54) is 10.5 Å². The molecule has 0 spiro atoms. The highest BCUT2D eigenvalue weighted by atomic mass is 16.5. The van der Waals surface area contributed by atoms with E-state index in [-0.39, 0.29) is 17.8 Å². The van der Waals surface area contributed by atoms with Crippen LogP contribution in [0, 0.1) is 0 Å². The molecule has 1 saturated heterocycles. The lowest BCUT2D eigenvalue weighted by Gasteiger charge is -2.30. The van der Waals surface area contributed by atoms with Crippen LogP contribution < -0.4 is 4.90 Å². The van der Waals surface area contributed by atoms with Gasteiger partial charge < -0.3 is 5.21 Å². The molecule has 0 aliphatic carbocycles. The highest BCUT2D eigenvalue weighted by molar-refractivity contribution is 5.93. The smallest absolute Gasteiger partial charge is 0.269 e. The minimum absolute atomic E-state index is 0.0585.